The Morgan fingerprint density at radius 3 is 1.50 bits per heavy atom. The molecule has 22 heteroatoms. The predicted molar refractivity (Wildman–Crippen MR) is 265 cm³/mol. The maximum absolute atomic E-state index is 13.7. The van der Waals surface area contributed by atoms with Crippen molar-refractivity contribution in [3.8, 4) is 0 Å². The third-order valence-electron chi connectivity index (χ3n) is 11.4. The number of benzene rings is 4. The second kappa shape index (κ2) is 21.7. The van der Waals surface area contributed by atoms with E-state index in [0.717, 1.165) is 24.3 Å². The number of aliphatic hydroxyl groups is 2. The molecule has 2 spiro atoms. The molecule has 20 nitrogen and oxygen atoms in total. The van der Waals surface area contributed by atoms with Gasteiger partial charge in [-0.2, -0.15) is 17.0 Å². The van der Waals surface area contributed by atoms with Gasteiger partial charge in [-0.05, 0) is 72.8 Å². The Balaban J connectivity index is 0.913. The first kappa shape index (κ1) is 51.2. The van der Waals surface area contributed by atoms with Gasteiger partial charge in [0, 0.05) is 31.4 Å². The first-order chi connectivity index (χ1) is 35.5. The predicted octanol–water partition coefficient (Wildman–Crippen LogP) is 6.51. The molecule has 1 saturated heterocycles. The number of esters is 2. The molecule has 1 aliphatic carbocycles. The number of rotatable bonds is 13. The highest BCUT2D eigenvalue weighted by molar-refractivity contribution is 7.96. The van der Waals surface area contributed by atoms with Gasteiger partial charge in [0.05, 0.1) is 28.3 Å². The van der Waals surface area contributed by atoms with Crippen LogP contribution < -0.4 is 18.2 Å². The Morgan fingerprint density at radius 1 is 0.622 bits per heavy atom. The molecule has 3 heterocycles. The molecule has 0 aromatic heterocycles. The standard InChI is InChI=1S/C52H42N4O16S2/c57-43(53-35-19-7-1-8-20-35)39(44(58)54(73(65)66)36-21-9-2-10-22-36)27-15-5-17-29-41-47(61)69-51(70-48(41)62)31-33-52(34-32-51)71-49(63)42(50(64)72-52)30-18-6-16-28-40-45(59)55(37-23-11-3-12-24-37)74(67,68)56(46(40)60)38-25-13-4-14-26-38/h1-30,61,63H,31-34H2,(H,53,57)(H,65,66)/p-1/b15-5?,16-6+,29-17?,30-18+,39-27?. The van der Waals surface area contributed by atoms with Crippen molar-refractivity contribution >= 4 is 79.8 Å². The average molecular weight is 1040 g/mol. The summed E-state index contributed by atoms with van der Waals surface area (Å²) in [6.07, 6.45) is 11.4. The molecule has 74 heavy (non-hydrogen) atoms. The Bertz CT molecular complexity index is 3220. The van der Waals surface area contributed by atoms with Crippen molar-refractivity contribution in [1.29, 1.82) is 0 Å². The van der Waals surface area contributed by atoms with Crippen molar-refractivity contribution < 1.29 is 75.1 Å². The van der Waals surface area contributed by atoms with E-state index in [-0.39, 0.29) is 42.7 Å². The minimum absolute atomic E-state index is 0.000318. The molecule has 3 N–H and O–H groups in total. The van der Waals surface area contributed by atoms with Crippen LogP contribution in [0.4, 0.5) is 22.7 Å². The zero-order valence-corrected chi connectivity index (χ0v) is 40.0. The summed E-state index contributed by atoms with van der Waals surface area (Å²) in [5.41, 5.74) is -1.56. The summed E-state index contributed by atoms with van der Waals surface area (Å²) >= 11 is -3.12. The van der Waals surface area contributed by atoms with Gasteiger partial charge in [-0.15, -0.1) is 0 Å². The minimum Gasteiger partial charge on any atom is -0.755 e. The van der Waals surface area contributed by atoms with Gasteiger partial charge in [-0.25, -0.2) is 13.9 Å². The largest absolute Gasteiger partial charge is 0.755 e. The molecule has 0 radical (unpaired) electrons. The number of para-hydroxylation sites is 4. The summed E-state index contributed by atoms with van der Waals surface area (Å²) in [7, 11) is -4.70. The maximum atomic E-state index is 13.7. The third kappa shape index (κ3) is 10.9. The Kier molecular flexibility index (Phi) is 15.0. The zero-order valence-electron chi connectivity index (χ0n) is 38.4. The molecule has 4 amide bonds. The van der Waals surface area contributed by atoms with E-state index in [9.17, 15) is 56.2 Å². The van der Waals surface area contributed by atoms with E-state index in [1.54, 1.807) is 48.5 Å². The molecule has 1 unspecified atom stereocenters. The smallest absolute Gasteiger partial charge is 0.348 e. The summed E-state index contributed by atoms with van der Waals surface area (Å²) in [4.78, 5) is 80.5. The van der Waals surface area contributed by atoms with Gasteiger partial charge in [-0.3, -0.25) is 23.4 Å². The number of aliphatic hydroxyl groups excluding tert-OH is 2. The van der Waals surface area contributed by atoms with Crippen LogP contribution in [0.5, 0.6) is 0 Å². The van der Waals surface area contributed by atoms with Gasteiger partial charge in [0.1, 0.15) is 22.3 Å². The lowest BCUT2D eigenvalue weighted by atomic mass is 9.87. The van der Waals surface area contributed by atoms with Gasteiger partial charge in [-0.1, -0.05) is 109 Å². The van der Waals surface area contributed by atoms with Crippen molar-refractivity contribution in [2.45, 2.75) is 37.3 Å². The second-order valence-corrected chi connectivity index (χ2v) is 18.6. The maximum Gasteiger partial charge on any atom is 0.348 e. The lowest BCUT2D eigenvalue weighted by molar-refractivity contribution is -0.302. The number of amides is 4. The minimum atomic E-state index is -4.70. The van der Waals surface area contributed by atoms with Crippen LogP contribution in [0.3, 0.4) is 0 Å². The van der Waals surface area contributed by atoms with Gasteiger partial charge < -0.3 is 39.0 Å². The van der Waals surface area contributed by atoms with Crippen LogP contribution in [-0.4, -0.2) is 74.5 Å². The second-order valence-electron chi connectivity index (χ2n) is 16.2. The summed E-state index contributed by atoms with van der Waals surface area (Å²) < 4.78 is 75.9. The summed E-state index contributed by atoms with van der Waals surface area (Å²) in [6, 6.07) is 30.5. The van der Waals surface area contributed by atoms with E-state index in [2.05, 4.69) is 5.32 Å². The van der Waals surface area contributed by atoms with Crippen molar-refractivity contribution in [3.63, 3.8) is 0 Å². The first-order valence-corrected chi connectivity index (χ1v) is 24.7. The number of hydrogen-bond acceptors (Lipinski definition) is 16. The highest BCUT2D eigenvalue weighted by Crippen LogP contribution is 2.46. The topological polar surface area (TPSA) is 276 Å². The highest BCUT2D eigenvalue weighted by Gasteiger charge is 2.55. The Hall–Kier alpha value is -9.12. The lowest BCUT2D eigenvalue weighted by Crippen LogP contribution is -2.57. The molecule has 4 aromatic carbocycles. The SMILES string of the molecule is O=C(Nc1ccccc1)C(=CC=CC=CC1=C(O)OC2(CCC3(CC2)OC(=O)C(/C=C/C=C/C=C2C(=O)N(c4ccccc4)S(=O)(=O)N(c4ccccc4)C2=O)=C(O)O3)OC1=O)C(=O)N(c1ccccc1)S(=O)[O-]. The van der Waals surface area contributed by atoms with Crippen LogP contribution >= 0.6 is 0 Å². The normalized spacial score (nSPS) is 19.0. The van der Waals surface area contributed by atoms with Crippen LogP contribution in [0.15, 0.2) is 216 Å². The number of hydrogen-bond donors (Lipinski definition) is 3. The van der Waals surface area contributed by atoms with Crippen LogP contribution in [0.25, 0.3) is 0 Å². The number of anilines is 4. The first-order valence-electron chi connectivity index (χ1n) is 22.2. The molecule has 378 valence electrons. The van der Waals surface area contributed by atoms with Gasteiger partial charge in [0.15, 0.2) is 0 Å². The van der Waals surface area contributed by atoms with Crippen molar-refractivity contribution in [2.24, 2.45) is 0 Å². The zero-order chi connectivity index (χ0) is 52.6. The number of ether oxygens (including phenoxy) is 4. The van der Waals surface area contributed by atoms with E-state index < -0.39 is 103 Å². The van der Waals surface area contributed by atoms with Crippen molar-refractivity contribution in [3.05, 3.63) is 216 Å². The number of nitrogens with one attached hydrogen (secondary N) is 1. The molecule has 4 aromatic rings. The summed E-state index contributed by atoms with van der Waals surface area (Å²) in [5, 5.41) is 24.3. The molecular formula is C52H41N4O16S2-. The van der Waals surface area contributed by atoms with Gasteiger partial charge >= 0.3 is 22.1 Å². The molecular weight excluding hydrogens is 1000 g/mol. The highest BCUT2D eigenvalue weighted by atomic mass is 32.2. The number of nitrogens with zero attached hydrogens (tertiary/aromatic N) is 3. The third-order valence-corrected chi connectivity index (χ3v) is 13.7. The van der Waals surface area contributed by atoms with Crippen molar-refractivity contribution in [1.82, 2.24) is 0 Å². The molecule has 3 aliphatic heterocycles. The lowest BCUT2D eigenvalue weighted by Gasteiger charge is -2.46. The fraction of sp³-hybridized carbons (Fsp3) is 0.115. The molecule has 2 fully saturated rings. The fourth-order valence-corrected chi connectivity index (χ4v) is 9.92. The van der Waals surface area contributed by atoms with E-state index >= 15 is 0 Å². The molecule has 0 bridgehead atoms. The average Bonchev–Trinajstić information content (AvgIpc) is 3.38. The van der Waals surface area contributed by atoms with E-state index in [0.29, 0.717) is 18.6 Å². The van der Waals surface area contributed by atoms with Crippen LogP contribution in [0.1, 0.15) is 25.7 Å². The van der Waals surface area contributed by atoms with Crippen LogP contribution in [0.2, 0.25) is 0 Å². The van der Waals surface area contributed by atoms with Crippen molar-refractivity contribution in [2.75, 3.05) is 18.2 Å². The van der Waals surface area contributed by atoms with E-state index in [1.807, 2.05) is 0 Å². The molecule has 1 atom stereocenters. The number of carbonyl (C=O) groups excluding carboxylic acids is 6. The molecule has 4 aliphatic rings. The number of carbonyl (C=O) groups is 6. The van der Waals surface area contributed by atoms with E-state index in [1.165, 1.54) is 109 Å². The summed E-state index contributed by atoms with van der Waals surface area (Å²) in [5.74, 6) is -11.3. The quantitative estimate of drug-likeness (QED) is 0.0321. The molecule has 1 saturated carbocycles. The fourth-order valence-electron chi connectivity index (χ4n) is 7.84. The van der Waals surface area contributed by atoms with Crippen LogP contribution in [0, 0.1) is 0 Å². The van der Waals surface area contributed by atoms with Gasteiger partial charge in [0.2, 0.25) is 0 Å². The van der Waals surface area contributed by atoms with Crippen LogP contribution in [-0.2, 0) is 69.2 Å². The Labute approximate surface area is 425 Å². The monoisotopic (exact) mass is 1040 g/mol. The Morgan fingerprint density at radius 2 is 1.05 bits per heavy atom. The van der Waals surface area contributed by atoms with Gasteiger partial charge in [0.25, 0.3) is 47.1 Å². The number of allylic oxidation sites excluding steroid dienone is 8. The molecule has 8 rings (SSSR count). The van der Waals surface area contributed by atoms with E-state index in [4.69, 9.17) is 18.9 Å². The summed E-state index contributed by atoms with van der Waals surface area (Å²) in [6.45, 7) is 0.